The molecular formula is C44H57F3N10O. The molecule has 0 radical (unpaired) electrons. The minimum absolute atomic E-state index is 0.00548. The molecule has 1 aromatic heterocycles. The number of nitrogens with zero attached hydrogens (tertiary/aromatic N) is 8. The van der Waals surface area contributed by atoms with Gasteiger partial charge in [0.1, 0.15) is 29.6 Å². The summed E-state index contributed by atoms with van der Waals surface area (Å²) in [5, 5.41) is 5.22. The minimum atomic E-state index is -0.729. The summed E-state index contributed by atoms with van der Waals surface area (Å²) in [6.45, 7) is 18.6. The highest BCUT2D eigenvalue weighted by Gasteiger charge is 2.39. The van der Waals surface area contributed by atoms with Crippen molar-refractivity contribution in [1.82, 2.24) is 25.1 Å². The standard InChI is InChI=1S/C44H57F3N10O/c1-8-31-24-54(7)27-35-22-34(51-41-14-12-13-39(52-41)36-20-33(46)19-30(4)42(36)55(25-31)29(2)3)26-56(35)44(49-28-53(6)17-10-9-11-18-58)37-23-50-57(43(37)48-5)40-16-15-32(45)21-38(40)47/h12-16,18-21,31,34-35,50H,2,5,8-11,17,22-28H2,1,3-4,6-7H3,(H,51,52). The van der Waals surface area contributed by atoms with Crippen molar-refractivity contribution in [3.8, 4) is 11.3 Å². The maximum absolute atomic E-state index is 15.2. The van der Waals surface area contributed by atoms with Crippen molar-refractivity contribution < 1.29 is 18.0 Å². The van der Waals surface area contributed by atoms with E-state index in [2.05, 4.69) is 62.6 Å². The first kappa shape index (κ1) is 42.6. The molecule has 58 heavy (non-hydrogen) atoms. The maximum Gasteiger partial charge on any atom is 0.155 e. The molecule has 6 rings (SSSR count). The Kier molecular flexibility index (Phi) is 14.0. The lowest BCUT2D eigenvalue weighted by atomic mass is 9.99. The van der Waals surface area contributed by atoms with Crippen molar-refractivity contribution in [3.63, 3.8) is 0 Å². The second kappa shape index (κ2) is 19.1. The Bertz CT molecular complexity index is 2040. The molecule has 2 N–H and O–H groups in total. The van der Waals surface area contributed by atoms with E-state index in [-0.39, 0.29) is 36.1 Å². The quantitative estimate of drug-likeness (QED) is 0.0852. The first-order chi connectivity index (χ1) is 27.9. The number of aryl methyl sites for hydroxylation is 1. The number of anilines is 3. The van der Waals surface area contributed by atoms with Crippen LogP contribution in [0.25, 0.3) is 11.3 Å². The molecule has 11 nitrogen and oxygen atoms in total. The maximum atomic E-state index is 15.2. The highest BCUT2D eigenvalue weighted by Crippen LogP contribution is 2.38. The highest BCUT2D eigenvalue weighted by molar-refractivity contribution is 6.01. The average Bonchev–Trinajstić information content (AvgIpc) is 3.78. The number of rotatable bonds is 12. The lowest BCUT2D eigenvalue weighted by Gasteiger charge is -2.35. The van der Waals surface area contributed by atoms with Gasteiger partial charge in [0.2, 0.25) is 0 Å². The number of amidine groups is 1. The van der Waals surface area contributed by atoms with E-state index in [0.717, 1.165) is 80.2 Å². The highest BCUT2D eigenvalue weighted by atomic mass is 19.1. The number of aromatic nitrogens is 1. The van der Waals surface area contributed by atoms with Crippen LogP contribution in [-0.2, 0) is 4.79 Å². The van der Waals surface area contributed by atoms with E-state index in [0.29, 0.717) is 54.9 Å². The first-order valence-electron chi connectivity index (χ1n) is 20.2. The fraction of sp³-hybridized carbons (Fsp3) is 0.455. The fourth-order valence-corrected chi connectivity index (χ4v) is 8.39. The topological polar surface area (TPSA) is 94.9 Å². The number of aliphatic imine (C=N–C) groups is 2. The van der Waals surface area contributed by atoms with Gasteiger partial charge >= 0.3 is 0 Å². The molecule has 3 unspecified atom stereocenters. The summed E-state index contributed by atoms with van der Waals surface area (Å²) < 4.78 is 44.4. The number of aldehydes is 1. The third-order valence-corrected chi connectivity index (χ3v) is 11.2. The number of nitrogens with one attached hydrogen (secondary N) is 2. The van der Waals surface area contributed by atoms with Crippen molar-refractivity contribution in [1.29, 1.82) is 0 Å². The largest absolute Gasteiger partial charge is 0.365 e. The number of hydrazine groups is 1. The second-order valence-corrected chi connectivity index (χ2v) is 15.8. The molecule has 0 saturated carbocycles. The van der Waals surface area contributed by atoms with Crippen LogP contribution in [0, 0.1) is 30.3 Å². The van der Waals surface area contributed by atoms with Crippen LogP contribution in [0.1, 0.15) is 51.5 Å². The molecule has 3 aliphatic rings. The summed E-state index contributed by atoms with van der Waals surface area (Å²) in [7, 11) is 4.16. The molecule has 1 saturated heterocycles. The number of fused-ring (bicyclic) bond motifs is 6. The third kappa shape index (κ3) is 9.79. The lowest BCUT2D eigenvalue weighted by Crippen LogP contribution is -2.45. The van der Waals surface area contributed by atoms with Crippen molar-refractivity contribution in [2.75, 3.05) is 75.3 Å². The molecule has 3 atom stereocenters. The second-order valence-electron chi connectivity index (χ2n) is 15.8. The van der Waals surface area contributed by atoms with Crippen LogP contribution >= 0.6 is 0 Å². The van der Waals surface area contributed by atoms with Gasteiger partial charge in [-0.15, -0.1) is 0 Å². The van der Waals surface area contributed by atoms with E-state index in [4.69, 9.17) is 9.98 Å². The molecular weight excluding hydrogens is 742 g/mol. The van der Waals surface area contributed by atoms with E-state index in [1.54, 1.807) is 12.1 Å². The number of hydrogen-bond acceptors (Lipinski definition) is 10. The average molecular weight is 799 g/mol. The van der Waals surface area contributed by atoms with Gasteiger partial charge in [0.05, 0.1) is 29.3 Å². The third-order valence-electron chi connectivity index (χ3n) is 11.2. The van der Waals surface area contributed by atoms with Crippen LogP contribution in [0.3, 0.4) is 0 Å². The van der Waals surface area contributed by atoms with E-state index in [1.165, 1.54) is 17.1 Å². The summed E-state index contributed by atoms with van der Waals surface area (Å²) in [6, 6.07) is 12.4. The summed E-state index contributed by atoms with van der Waals surface area (Å²) in [5.74, 6) is 0.317. The summed E-state index contributed by atoms with van der Waals surface area (Å²) in [4.78, 5) is 34.7. The molecule has 0 spiro atoms. The first-order valence-corrected chi connectivity index (χ1v) is 20.2. The molecule has 0 amide bonds. The Balaban J connectivity index is 1.42. The Morgan fingerprint density at radius 2 is 1.88 bits per heavy atom. The van der Waals surface area contributed by atoms with Gasteiger partial charge in [-0.05, 0) is 108 Å². The fourth-order valence-electron chi connectivity index (χ4n) is 8.39. The van der Waals surface area contributed by atoms with Crippen LogP contribution in [0.2, 0.25) is 0 Å². The predicted molar refractivity (Wildman–Crippen MR) is 229 cm³/mol. The van der Waals surface area contributed by atoms with E-state index in [9.17, 15) is 9.18 Å². The Labute approximate surface area is 341 Å². The number of carbonyl (C=O) groups is 1. The van der Waals surface area contributed by atoms with Crippen molar-refractivity contribution >= 4 is 36.0 Å². The van der Waals surface area contributed by atoms with Gasteiger partial charge in [0.25, 0.3) is 0 Å². The summed E-state index contributed by atoms with van der Waals surface area (Å²) in [5.41, 5.74) is 8.11. The van der Waals surface area contributed by atoms with E-state index in [1.807, 2.05) is 39.1 Å². The molecule has 0 aliphatic carbocycles. The molecule has 3 aliphatic heterocycles. The SMILES string of the molecule is C=NC1=C(C(=NCN(C)CCCCC=O)N2CC3CC2CN(C)CC(CC)CN(C(=C)C)c2c(C)cc(F)cc2-c2cccc(n2)N3)CNN1c1ccc(F)cc1F. The van der Waals surface area contributed by atoms with Crippen LogP contribution in [-0.4, -0.2) is 111 Å². The molecule has 310 valence electrons. The van der Waals surface area contributed by atoms with Gasteiger partial charge in [-0.3, -0.25) is 14.9 Å². The van der Waals surface area contributed by atoms with Crippen molar-refractivity contribution in [2.45, 2.75) is 65.0 Å². The van der Waals surface area contributed by atoms with Crippen LogP contribution < -0.4 is 20.7 Å². The Hall–Kier alpha value is -5.05. The predicted octanol–water partition coefficient (Wildman–Crippen LogP) is 7.23. The minimum Gasteiger partial charge on any atom is -0.365 e. The number of likely N-dealkylation sites (tertiary alicyclic amines) is 1. The van der Waals surface area contributed by atoms with Gasteiger partial charge in [-0.2, -0.15) is 0 Å². The van der Waals surface area contributed by atoms with Crippen molar-refractivity contribution in [3.05, 3.63) is 95.2 Å². The number of pyridine rings is 1. The van der Waals surface area contributed by atoms with Gasteiger partial charge in [0.15, 0.2) is 11.6 Å². The number of allylic oxidation sites excluding steroid dienone is 1. The number of unbranched alkanes of at least 4 members (excludes halogenated alkanes) is 2. The van der Waals surface area contributed by atoms with Crippen LogP contribution in [0.4, 0.5) is 30.4 Å². The normalized spacial score (nSPS) is 20.5. The van der Waals surface area contributed by atoms with E-state index >= 15 is 8.78 Å². The number of hydrogen-bond donors (Lipinski definition) is 2. The summed E-state index contributed by atoms with van der Waals surface area (Å²) in [6.07, 6.45) is 4.81. The Morgan fingerprint density at radius 1 is 1.07 bits per heavy atom. The van der Waals surface area contributed by atoms with E-state index < -0.39 is 11.6 Å². The van der Waals surface area contributed by atoms with Crippen molar-refractivity contribution in [2.24, 2.45) is 15.9 Å². The summed E-state index contributed by atoms with van der Waals surface area (Å²) >= 11 is 0. The number of carbonyl (C=O) groups excluding carboxylic acids is 1. The molecule has 4 bridgehead atoms. The molecule has 14 heteroatoms. The molecule has 2 aromatic carbocycles. The number of halogens is 3. The van der Waals surface area contributed by atoms with Gasteiger partial charge in [0, 0.05) is 68.6 Å². The zero-order chi connectivity index (χ0) is 41.5. The van der Waals surface area contributed by atoms with Gasteiger partial charge < -0.3 is 24.8 Å². The number of likely N-dealkylation sites (N-methyl/N-ethyl adjacent to an activating group) is 1. The van der Waals surface area contributed by atoms with Crippen LogP contribution in [0.15, 0.2) is 82.2 Å². The zero-order valence-corrected chi connectivity index (χ0v) is 34.4. The molecule has 3 aromatic rings. The monoisotopic (exact) mass is 798 g/mol. The number of benzene rings is 2. The van der Waals surface area contributed by atoms with Gasteiger partial charge in [-0.1, -0.05) is 26.0 Å². The van der Waals surface area contributed by atoms with Crippen LogP contribution in [0.5, 0.6) is 0 Å². The zero-order valence-electron chi connectivity index (χ0n) is 34.4. The molecule has 4 heterocycles. The lowest BCUT2D eigenvalue weighted by molar-refractivity contribution is -0.107. The molecule has 1 fully saturated rings. The van der Waals surface area contributed by atoms with Gasteiger partial charge in [-0.25, -0.2) is 28.6 Å². The smallest absolute Gasteiger partial charge is 0.155 e. The Morgan fingerprint density at radius 3 is 2.60 bits per heavy atom.